The average molecular weight is 327 g/mol. The van der Waals surface area contributed by atoms with Crippen LogP contribution in [0.1, 0.15) is 11.1 Å². The van der Waals surface area contributed by atoms with Crippen molar-refractivity contribution in [3.8, 4) is 0 Å². The van der Waals surface area contributed by atoms with Gasteiger partial charge in [0.15, 0.2) is 0 Å². The maximum atomic E-state index is 12.2. The Morgan fingerprint density at radius 2 is 1.86 bits per heavy atom. The zero-order valence-corrected chi connectivity index (χ0v) is 12.7. The number of pyridine rings is 1. The van der Waals surface area contributed by atoms with Crippen LogP contribution in [0, 0.1) is 0 Å². The highest BCUT2D eigenvalue weighted by atomic mass is 35.5. The van der Waals surface area contributed by atoms with Gasteiger partial charge in [-0.05, 0) is 41.8 Å². The van der Waals surface area contributed by atoms with Crippen LogP contribution in [0.2, 0.25) is 5.02 Å². The first-order chi connectivity index (χ1) is 10.0. The number of aromatic nitrogens is 1. The van der Waals surface area contributed by atoms with Crippen molar-refractivity contribution >= 4 is 21.6 Å². The highest BCUT2D eigenvalue weighted by molar-refractivity contribution is 7.89. The Labute approximate surface area is 128 Å². The second kappa shape index (κ2) is 7.00. The second-order valence-corrected chi connectivity index (χ2v) is 6.57. The Balaban J connectivity index is 2.08. The summed E-state index contributed by atoms with van der Waals surface area (Å²) in [7, 11) is -3.70. The summed E-state index contributed by atoms with van der Waals surface area (Å²) in [4.78, 5) is 3.88. The van der Waals surface area contributed by atoms with E-state index in [-0.39, 0.29) is 23.1 Å². The fourth-order valence-electron chi connectivity index (χ4n) is 1.81. The molecule has 0 spiro atoms. The number of sulfonamides is 1. The Hall–Kier alpha value is -1.47. The van der Waals surface area contributed by atoms with Gasteiger partial charge < -0.3 is 5.11 Å². The molecule has 21 heavy (non-hydrogen) atoms. The van der Waals surface area contributed by atoms with Crippen molar-refractivity contribution in [1.82, 2.24) is 9.71 Å². The van der Waals surface area contributed by atoms with Gasteiger partial charge in [0.1, 0.15) is 4.90 Å². The van der Waals surface area contributed by atoms with Crippen LogP contribution in [0.5, 0.6) is 0 Å². The average Bonchev–Trinajstić information content (AvgIpc) is 2.48. The molecule has 0 saturated carbocycles. The number of nitrogens with one attached hydrogen (secondary N) is 1. The minimum atomic E-state index is -3.70. The Morgan fingerprint density at radius 3 is 2.52 bits per heavy atom. The van der Waals surface area contributed by atoms with E-state index in [0.717, 1.165) is 5.56 Å². The molecule has 2 aromatic rings. The van der Waals surface area contributed by atoms with Gasteiger partial charge in [-0.15, -0.1) is 0 Å². The van der Waals surface area contributed by atoms with E-state index in [2.05, 4.69) is 9.71 Å². The number of aliphatic hydroxyl groups is 1. The summed E-state index contributed by atoms with van der Waals surface area (Å²) in [5.74, 6) is 0. The van der Waals surface area contributed by atoms with Crippen molar-refractivity contribution in [2.24, 2.45) is 0 Å². The van der Waals surface area contributed by atoms with Gasteiger partial charge in [0, 0.05) is 18.9 Å². The molecule has 7 heteroatoms. The Kier molecular flexibility index (Phi) is 5.30. The van der Waals surface area contributed by atoms with Crippen LogP contribution in [-0.2, 0) is 23.1 Å². The van der Waals surface area contributed by atoms with Crippen LogP contribution in [0.15, 0.2) is 47.6 Å². The van der Waals surface area contributed by atoms with Gasteiger partial charge in [-0.2, -0.15) is 0 Å². The topological polar surface area (TPSA) is 79.3 Å². The quantitative estimate of drug-likeness (QED) is 0.847. The summed E-state index contributed by atoms with van der Waals surface area (Å²) in [5, 5.41) is 9.21. The van der Waals surface area contributed by atoms with E-state index >= 15 is 0 Å². The molecule has 1 aromatic heterocycles. The largest absolute Gasteiger partial charge is 0.392 e. The third kappa shape index (κ3) is 4.25. The van der Waals surface area contributed by atoms with Crippen molar-refractivity contribution in [3.63, 3.8) is 0 Å². The van der Waals surface area contributed by atoms with Crippen LogP contribution < -0.4 is 4.72 Å². The summed E-state index contributed by atoms with van der Waals surface area (Å²) in [6, 6.07) is 8.07. The molecular formula is C14H15ClN2O3S. The standard InChI is InChI=1S/C14H15ClN2O3S/c15-13-2-1-12(10-18)9-14(13)21(19,20)17-8-5-11-3-6-16-7-4-11/h1-4,6-7,9,17-18H,5,8,10H2. The molecule has 1 heterocycles. The predicted molar refractivity (Wildman–Crippen MR) is 80.5 cm³/mol. The maximum absolute atomic E-state index is 12.2. The highest BCUT2D eigenvalue weighted by Gasteiger charge is 2.17. The van der Waals surface area contributed by atoms with E-state index in [1.807, 2.05) is 12.1 Å². The lowest BCUT2D eigenvalue weighted by molar-refractivity contribution is 0.281. The number of aliphatic hydroxyl groups excluding tert-OH is 1. The first-order valence-corrected chi connectivity index (χ1v) is 8.17. The van der Waals surface area contributed by atoms with E-state index < -0.39 is 10.0 Å². The molecule has 0 aliphatic heterocycles. The molecule has 112 valence electrons. The highest BCUT2D eigenvalue weighted by Crippen LogP contribution is 2.22. The van der Waals surface area contributed by atoms with Crippen LogP contribution in [0.3, 0.4) is 0 Å². The molecule has 0 aliphatic carbocycles. The van der Waals surface area contributed by atoms with E-state index in [9.17, 15) is 8.42 Å². The van der Waals surface area contributed by atoms with E-state index in [1.54, 1.807) is 18.5 Å². The van der Waals surface area contributed by atoms with Gasteiger partial charge in [-0.1, -0.05) is 17.7 Å². The smallest absolute Gasteiger partial charge is 0.242 e. The van der Waals surface area contributed by atoms with E-state index in [0.29, 0.717) is 12.0 Å². The summed E-state index contributed by atoms with van der Waals surface area (Å²) in [5.41, 5.74) is 1.48. The van der Waals surface area contributed by atoms with Gasteiger partial charge in [0.05, 0.1) is 11.6 Å². The molecule has 2 N–H and O–H groups in total. The van der Waals surface area contributed by atoms with Gasteiger partial charge in [0.2, 0.25) is 10.0 Å². The first-order valence-electron chi connectivity index (χ1n) is 6.31. The summed E-state index contributed by atoms with van der Waals surface area (Å²) >= 11 is 5.92. The van der Waals surface area contributed by atoms with Crippen molar-refractivity contribution < 1.29 is 13.5 Å². The number of benzene rings is 1. The van der Waals surface area contributed by atoms with Crippen molar-refractivity contribution in [3.05, 3.63) is 58.9 Å². The summed E-state index contributed by atoms with van der Waals surface area (Å²) < 4.78 is 26.9. The zero-order chi connectivity index (χ0) is 15.3. The lowest BCUT2D eigenvalue weighted by atomic mass is 10.2. The molecule has 0 unspecified atom stereocenters. The van der Waals surface area contributed by atoms with Crippen molar-refractivity contribution in [2.75, 3.05) is 6.54 Å². The van der Waals surface area contributed by atoms with Gasteiger partial charge in [-0.3, -0.25) is 4.98 Å². The number of rotatable bonds is 6. The van der Waals surface area contributed by atoms with Crippen molar-refractivity contribution in [2.45, 2.75) is 17.9 Å². The third-order valence-electron chi connectivity index (χ3n) is 2.92. The van der Waals surface area contributed by atoms with Crippen LogP contribution >= 0.6 is 11.6 Å². The Morgan fingerprint density at radius 1 is 1.14 bits per heavy atom. The molecule has 1 aromatic carbocycles. The number of nitrogens with zero attached hydrogens (tertiary/aromatic N) is 1. The third-order valence-corrected chi connectivity index (χ3v) is 4.87. The SMILES string of the molecule is O=S(=O)(NCCc1ccncc1)c1cc(CO)ccc1Cl. The maximum Gasteiger partial charge on any atom is 0.242 e. The van der Waals surface area contributed by atoms with Gasteiger partial charge in [-0.25, -0.2) is 13.1 Å². The zero-order valence-electron chi connectivity index (χ0n) is 11.2. The molecule has 0 bridgehead atoms. The van der Waals surface area contributed by atoms with Crippen molar-refractivity contribution in [1.29, 1.82) is 0 Å². The second-order valence-electron chi connectivity index (χ2n) is 4.43. The molecule has 0 atom stereocenters. The molecule has 2 rings (SSSR count). The monoisotopic (exact) mass is 326 g/mol. The minimum absolute atomic E-state index is 0.0227. The Bertz CT molecular complexity index is 705. The molecule has 0 aliphatic rings. The number of hydrogen-bond donors (Lipinski definition) is 2. The molecule has 0 radical (unpaired) electrons. The van der Waals surface area contributed by atoms with Gasteiger partial charge in [0.25, 0.3) is 0 Å². The molecule has 0 saturated heterocycles. The summed E-state index contributed by atoms with van der Waals surface area (Å²) in [6.45, 7) is 0.0166. The molecule has 0 fully saturated rings. The number of halogens is 1. The van der Waals surface area contributed by atoms with Crippen LogP contribution in [0.4, 0.5) is 0 Å². The molecular weight excluding hydrogens is 312 g/mol. The molecule has 5 nitrogen and oxygen atoms in total. The normalized spacial score (nSPS) is 11.5. The minimum Gasteiger partial charge on any atom is -0.392 e. The fraction of sp³-hybridized carbons (Fsp3) is 0.214. The lowest BCUT2D eigenvalue weighted by Gasteiger charge is -2.09. The first kappa shape index (κ1) is 15.9. The van der Waals surface area contributed by atoms with E-state index in [1.165, 1.54) is 12.1 Å². The molecule has 0 amide bonds. The summed E-state index contributed by atoms with van der Waals surface area (Å²) in [6.07, 6.45) is 3.87. The fourth-order valence-corrected chi connectivity index (χ4v) is 3.39. The lowest BCUT2D eigenvalue weighted by Crippen LogP contribution is -2.26. The van der Waals surface area contributed by atoms with Gasteiger partial charge >= 0.3 is 0 Å². The number of hydrogen-bond acceptors (Lipinski definition) is 4. The predicted octanol–water partition coefficient (Wildman–Crippen LogP) is 1.75. The van der Waals surface area contributed by atoms with Crippen LogP contribution in [0.25, 0.3) is 0 Å². The van der Waals surface area contributed by atoms with E-state index in [4.69, 9.17) is 16.7 Å². The van der Waals surface area contributed by atoms with Crippen LogP contribution in [-0.4, -0.2) is 25.1 Å².